The zero-order valence-corrected chi connectivity index (χ0v) is 5.95. The van der Waals surface area contributed by atoms with Gasteiger partial charge in [-0.15, -0.1) is 0 Å². The maximum atomic E-state index is 8.49. The molecule has 62 valence electrons. The summed E-state index contributed by atoms with van der Waals surface area (Å²) in [6, 6.07) is 0.0278. The molecular formula is C6H15NO3. The molecule has 0 saturated heterocycles. The lowest BCUT2D eigenvalue weighted by atomic mass is 10.1. The third kappa shape index (κ3) is 4.69. The van der Waals surface area contributed by atoms with E-state index in [4.69, 9.17) is 15.3 Å². The molecule has 4 N–H and O–H groups in total. The van der Waals surface area contributed by atoms with E-state index in [2.05, 4.69) is 5.32 Å². The van der Waals surface area contributed by atoms with Crippen molar-refractivity contribution >= 4 is 0 Å². The van der Waals surface area contributed by atoms with Crippen LogP contribution in [0.4, 0.5) is 0 Å². The average molecular weight is 149 g/mol. The average Bonchev–Trinajstić information content (AvgIpc) is 1.90. The van der Waals surface area contributed by atoms with Crippen molar-refractivity contribution in [3.05, 3.63) is 0 Å². The van der Waals surface area contributed by atoms with Crippen molar-refractivity contribution in [2.24, 2.45) is 0 Å². The molecule has 0 aliphatic rings. The van der Waals surface area contributed by atoms with E-state index >= 15 is 0 Å². The molecule has 0 amide bonds. The van der Waals surface area contributed by atoms with Gasteiger partial charge in [0.05, 0.1) is 6.73 Å². The zero-order chi connectivity index (χ0) is 7.82. The summed E-state index contributed by atoms with van der Waals surface area (Å²) in [5, 5.41) is 28.1. The van der Waals surface area contributed by atoms with E-state index in [0.29, 0.717) is 12.8 Å². The van der Waals surface area contributed by atoms with Crippen LogP contribution in [-0.2, 0) is 0 Å². The second kappa shape index (κ2) is 6.95. The molecule has 0 rings (SSSR count). The standard InChI is InChI=1S/C6H15NO3/c8-3-1-6(2-4-9)7-5-10/h6-10H,1-5H2. The number of nitrogens with one attached hydrogen (secondary N) is 1. The summed E-state index contributed by atoms with van der Waals surface area (Å²) in [6.45, 7) is 0.0556. The molecule has 0 heterocycles. The number of aliphatic hydroxyl groups is 3. The van der Waals surface area contributed by atoms with Gasteiger partial charge in [0.1, 0.15) is 0 Å². The largest absolute Gasteiger partial charge is 0.396 e. The van der Waals surface area contributed by atoms with Gasteiger partial charge in [-0.1, -0.05) is 0 Å². The Balaban J connectivity index is 3.30. The Morgan fingerprint density at radius 3 is 1.80 bits per heavy atom. The number of aliphatic hydroxyl groups excluding tert-OH is 3. The van der Waals surface area contributed by atoms with Crippen LogP contribution < -0.4 is 5.32 Å². The number of hydrogen-bond acceptors (Lipinski definition) is 4. The first kappa shape index (κ1) is 9.84. The van der Waals surface area contributed by atoms with Crippen LogP contribution in [0, 0.1) is 0 Å². The Morgan fingerprint density at radius 2 is 1.50 bits per heavy atom. The van der Waals surface area contributed by atoms with E-state index in [0.717, 1.165) is 0 Å². The Bertz CT molecular complexity index is 55.7. The summed E-state index contributed by atoms with van der Waals surface area (Å²) in [5.41, 5.74) is 0. The predicted octanol–water partition coefficient (Wildman–Crippen LogP) is -1.34. The van der Waals surface area contributed by atoms with Gasteiger partial charge in [0.25, 0.3) is 0 Å². The highest BCUT2D eigenvalue weighted by Crippen LogP contribution is 1.94. The summed E-state index contributed by atoms with van der Waals surface area (Å²) < 4.78 is 0. The van der Waals surface area contributed by atoms with Gasteiger partial charge in [0, 0.05) is 19.3 Å². The number of rotatable bonds is 6. The maximum absolute atomic E-state index is 8.49. The molecule has 4 nitrogen and oxygen atoms in total. The molecule has 0 atom stereocenters. The fraction of sp³-hybridized carbons (Fsp3) is 1.00. The first-order valence-corrected chi connectivity index (χ1v) is 3.41. The van der Waals surface area contributed by atoms with E-state index in [-0.39, 0.29) is 26.0 Å². The molecule has 0 aliphatic heterocycles. The van der Waals surface area contributed by atoms with Crippen LogP contribution in [0.5, 0.6) is 0 Å². The van der Waals surface area contributed by atoms with Gasteiger partial charge in [-0.25, -0.2) is 0 Å². The van der Waals surface area contributed by atoms with Crippen LogP contribution in [0.15, 0.2) is 0 Å². The molecule has 4 heteroatoms. The Morgan fingerprint density at radius 1 is 1.00 bits per heavy atom. The third-order valence-electron chi connectivity index (χ3n) is 1.34. The molecule has 0 spiro atoms. The highest BCUT2D eigenvalue weighted by molar-refractivity contribution is 4.62. The van der Waals surface area contributed by atoms with E-state index in [1.54, 1.807) is 0 Å². The van der Waals surface area contributed by atoms with Crippen molar-refractivity contribution in [1.82, 2.24) is 5.32 Å². The summed E-state index contributed by atoms with van der Waals surface area (Å²) in [5.74, 6) is 0. The number of hydrogen-bond donors (Lipinski definition) is 4. The fourth-order valence-corrected chi connectivity index (χ4v) is 0.789. The van der Waals surface area contributed by atoms with Crippen molar-refractivity contribution < 1.29 is 15.3 Å². The van der Waals surface area contributed by atoms with Crippen molar-refractivity contribution in [2.75, 3.05) is 19.9 Å². The van der Waals surface area contributed by atoms with E-state index in [1.807, 2.05) is 0 Å². The maximum Gasteiger partial charge on any atom is 0.0933 e. The molecule has 0 radical (unpaired) electrons. The Hall–Kier alpha value is -0.160. The van der Waals surface area contributed by atoms with Gasteiger partial charge in [-0.3, -0.25) is 5.32 Å². The topological polar surface area (TPSA) is 72.7 Å². The van der Waals surface area contributed by atoms with Crippen LogP contribution >= 0.6 is 0 Å². The van der Waals surface area contributed by atoms with Crippen molar-refractivity contribution in [3.8, 4) is 0 Å². The SMILES string of the molecule is OCCC(CCO)NCO. The first-order chi connectivity index (χ1) is 4.85. The smallest absolute Gasteiger partial charge is 0.0933 e. The lowest BCUT2D eigenvalue weighted by Gasteiger charge is -2.13. The monoisotopic (exact) mass is 149 g/mol. The fourth-order valence-electron chi connectivity index (χ4n) is 0.789. The van der Waals surface area contributed by atoms with Crippen molar-refractivity contribution in [1.29, 1.82) is 0 Å². The normalized spacial score (nSPS) is 10.8. The lowest BCUT2D eigenvalue weighted by molar-refractivity contribution is 0.188. The summed E-state index contributed by atoms with van der Waals surface area (Å²) in [4.78, 5) is 0. The molecule has 0 aliphatic carbocycles. The molecule has 0 aromatic carbocycles. The van der Waals surface area contributed by atoms with Gasteiger partial charge in [-0.05, 0) is 12.8 Å². The van der Waals surface area contributed by atoms with Gasteiger partial charge in [0.15, 0.2) is 0 Å². The van der Waals surface area contributed by atoms with Crippen LogP contribution in [-0.4, -0.2) is 41.3 Å². The summed E-state index contributed by atoms with van der Waals surface area (Å²) in [7, 11) is 0. The Kier molecular flexibility index (Phi) is 6.84. The molecule has 0 unspecified atom stereocenters. The van der Waals surface area contributed by atoms with Gasteiger partial charge in [-0.2, -0.15) is 0 Å². The highest BCUT2D eigenvalue weighted by Gasteiger charge is 2.04. The quantitative estimate of drug-likeness (QED) is 0.353. The minimum Gasteiger partial charge on any atom is -0.396 e. The lowest BCUT2D eigenvalue weighted by Crippen LogP contribution is -2.31. The second-order valence-electron chi connectivity index (χ2n) is 2.08. The van der Waals surface area contributed by atoms with Crippen LogP contribution in [0.2, 0.25) is 0 Å². The highest BCUT2D eigenvalue weighted by atomic mass is 16.3. The van der Waals surface area contributed by atoms with Crippen LogP contribution in [0.3, 0.4) is 0 Å². The van der Waals surface area contributed by atoms with Gasteiger partial charge >= 0.3 is 0 Å². The van der Waals surface area contributed by atoms with E-state index in [1.165, 1.54) is 0 Å². The van der Waals surface area contributed by atoms with Crippen LogP contribution in [0.1, 0.15) is 12.8 Å². The zero-order valence-electron chi connectivity index (χ0n) is 5.95. The predicted molar refractivity (Wildman–Crippen MR) is 37.4 cm³/mol. The second-order valence-corrected chi connectivity index (χ2v) is 2.08. The van der Waals surface area contributed by atoms with Crippen LogP contribution in [0.25, 0.3) is 0 Å². The van der Waals surface area contributed by atoms with Crippen molar-refractivity contribution in [2.45, 2.75) is 18.9 Å². The van der Waals surface area contributed by atoms with Gasteiger partial charge in [0.2, 0.25) is 0 Å². The van der Waals surface area contributed by atoms with E-state index in [9.17, 15) is 0 Å². The molecular weight excluding hydrogens is 134 g/mol. The van der Waals surface area contributed by atoms with Gasteiger partial charge < -0.3 is 15.3 Å². The molecule has 0 bridgehead atoms. The van der Waals surface area contributed by atoms with Crippen molar-refractivity contribution in [3.63, 3.8) is 0 Å². The summed E-state index contributed by atoms with van der Waals surface area (Å²) in [6.07, 6.45) is 1.14. The molecule has 0 aromatic rings. The summed E-state index contributed by atoms with van der Waals surface area (Å²) >= 11 is 0. The molecule has 0 aromatic heterocycles. The first-order valence-electron chi connectivity index (χ1n) is 3.41. The molecule has 10 heavy (non-hydrogen) atoms. The third-order valence-corrected chi connectivity index (χ3v) is 1.34. The molecule has 0 saturated carbocycles. The Labute approximate surface area is 60.5 Å². The minimum absolute atomic E-state index is 0.0278. The minimum atomic E-state index is -0.106. The molecule has 0 fully saturated rings. The van der Waals surface area contributed by atoms with E-state index < -0.39 is 0 Å².